The minimum Gasteiger partial charge on any atom is -0.493 e. The van der Waals surface area contributed by atoms with Gasteiger partial charge in [-0.2, -0.15) is 11.8 Å². The summed E-state index contributed by atoms with van der Waals surface area (Å²) < 4.78 is 21.9. The SMILES string of the molecule is COc1cc(Cc2cnc(NCCSCc3ccc(CN(C)C)o3)[nH]c2=O)cc(OC)c1OC. The minimum atomic E-state index is -0.192. The fraction of sp³-hybridized carbons (Fsp3) is 0.417. The molecule has 2 aromatic heterocycles. The van der Waals surface area contributed by atoms with E-state index in [-0.39, 0.29) is 5.56 Å². The maximum atomic E-state index is 12.6. The number of rotatable bonds is 13. The Labute approximate surface area is 203 Å². The molecule has 2 N–H and O–H groups in total. The van der Waals surface area contributed by atoms with E-state index in [0.717, 1.165) is 35.1 Å². The molecule has 0 unspecified atom stereocenters. The summed E-state index contributed by atoms with van der Waals surface area (Å²) in [5, 5.41) is 3.16. The van der Waals surface area contributed by atoms with Crippen LogP contribution in [0, 0.1) is 0 Å². The molecule has 0 saturated heterocycles. The number of furan rings is 1. The van der Waals surface area contributed by atoms with Crippen LogP contribution >= 0.6 is 11.8 Å². The van der Waals surface area contributed by atoms with Gasteiger partial charge in [-0.05, 0) is 43.9 Å². The lowest BCUT2D eigenvalue weighted by Gasteiger charge is -2.14. The molecule has 34 heavy (non-hydrogen) atoms. The van der Waals surface area contributed by atoms with E-state index in [1.54, 1.807) is 39.3 Å². The zero-order chi connectivity index (χ0) is 24.5. The topological polar surface area (TPSA) is 102 Å². The van der Waals surface area contributed by atoms with Crippen molar-refractivity contribution < 1.29 is 18.6 Å². The molecule has 0 fully saturated rings. The second-order valence-corrected chi connectivity index (χ2v) is 8.99. The Morgan fingerprint density at radius 2 is 1.79 bits per heavy atom. The molecule has 2 heterocycles. The number of nitrogens with zero attached hydrogens (tertiary/aromatic N) is 2. The Hall–Kier alpha value is -3.11. The number of thioether (sulfide) groups is 1. The Morgan fingerprint density at radius 1 is 1.09 bits per heavy atom. The first kappa shape index (κ1) is 25.5. The van der Waals surface area contributed by atoms with Crippen LogP contribution in [0.5, 0.6) is 17.2 Å². The second kappa shape index (κ2) is 12.4. The number of nitrogens with one attached hydrogen (secondary N) is 2. The standard InChI is InChI=1S/C24H32N4O5S/c1-28(2)14-18-6-7-19(33-18)15-34-9-8-25-24-26-13-17(23(29)27-24)10-16-11-20(30-3)22(32-5)21(12-16)31-4/h6-7,11-13H,8-10,14-15H2,1-5H3,(H2,25,26,27,29). The molecular formula is C24H32N4O5S. The van der Waals surface area contributed by atoms with Crippen LogP contribution in [-0.2, 0) is 18.7 Å². The monoisotopic (exact) mass is 488 g/mol. The molecule has 9 nitrogen and oxygen atoms in total. The fourth-order valence-electron chi connectivity index (χ4n) is 3.41. The molecule has 0 bridgehead atoms. The number of aromatic nitrogens is 2. The highest BCUT2D eigenvalue weighted by molar-refractivity contribution is 7.98. The normalized spacial score (nSPS) is 11.0. The number of hydrogen-bond acceptors (Lipinski definition) is 9. The Kier molecular flexibility index (Phi) is 9.29. The zero-order valence-electron chi connectivity index (χ0n) is 20.3. The first-order chi connectivity index (χ1) is 16.4. The van der Waals surface area contributed by atoms with Crippen LogP contribution in [0.25, 0.3) is 0 Å². The number of methoxy groups -OCH3 is 3. The Morgan fingerprint density at radius 3 is 2.41 bits per heavy atom. The molecule has 0 amide bonds. The van der Waals surface area contributed by atoms with Gasteiger partial charge < -0.3 is 28.8 Å². The third-order valence-electron chi connectivity index (χ3n) is 4.96. The lowest BCUT2D eigenvalue weighted by molar-refractivity contribution is 0.324. The predicted molar refractivity (Wildman–Crippen MR) is 135 cm³/mol. The van der Waals surface area contributed by atoms with Gasteiger partial charge in [0.25, 0.3) is 5.56 Å². The zero-order valence-corrected chi connectivity index (χ0v) is 21.1. The van der Waals surface area contributed by atoms with Crippen molar-refractivity contribution in [3.05, 3.63) is 63.5 Å². The van der Waals surface area contributed by atoms with Gasteiger partial charge in [-0.3, -0.25) is 9.78 Å². The van der Waals surface area contributed by atoms with Crippen molar-refractivity contribution in [1.82, 2.24) is 14.9 Å². The maximum absolute atomic E-state index is 12.6. The van der Waals surface area contributed by atoms with Gasteiger partial charge in [0.2, 0.25) is 11.7 Å². The Balaban J connectivity index is 1.51. The molecule has 10 heteroatoms. The summed E-state index contributed by atoms with van der Waals surface area (Å²) in [4.78, 5) is 21.8. The highest BCUT2D eigenvalue weighted by atomic mass is 32.2. The summed E-state index contributed by atoms with van der Waals surface area (Å²) >= 11 is 1.75. The molecule has 184 valence electrons. The molecular weight excluding hydrogens is 456 g/mol. The van der Waals surface area contributed by atoms with Gasteiger partial charge in [0.15, 0.2) is 11.5 Å². The van der Waals surface area contributed by atoms with Crippen LogP contribution in [0.4, 0.5) is 5.95 Å². The molecule has 1 aromatic carbocycles. The third-order valence-corrected chi connectivity index (χ3v) is 5.95. The van der Waals surface area contributed by atoms with Crippen LogP contribution in [-0.4, -0.2) is 62.6 Å². The maximum Gasteiger partial charge on any atom is 0.255 e. The van der Waals surface area contributed by atoms with Crippen LogP contribution in [0.1, 0.15) is 22.6 Å². The van der Waals surface area contributed by atoms with Crippen molar-refractivity contribution >= 4 is 17.7 Å². The molecule has 3 rings (SSSR count). The molecule has 0 radical (unpaired) electrons. The minimum absolute atomic E-state index is 0.192. The lowest BCUT2D eigenvalue weighted by atomic mass is 10.1. The van der Waals surface area contributed by atoms with Crippen LogP contribution < -0.4 is 25.1 Å². The Bertz CT molecular complexity index is 1100. The molecule has 0 aliphatic carbocycles. The van der Waals surface area contributed by atoms with Crippen LogP contribution in [0.3, 0.4) is 0 Å². The first-order valence-corrected chi connectivity index (χ1v) is 12.0. The summed E-state index contributed by atoms with van der Waals surface area (Å²) in [5.74, 6) is 5.62. The molecule has 0 atom stereocenters. The van der Waals surface area contributed by atoms with E-state index in [4.69, 9.17) is 18.6 Å². The molecule has 0 spiro atoms. The molecule has 0 aliphatic heterocycles. The van der Waals surface area contributed by atoms with E-state index in [1.807, 2.05) is 38.4 Å². The summed E-state index contributed by atoms with van der Waals surface area (Å²) in [6.07, 6.45) is 1.97. The quantitative estimate of drug-likeness (QED) is 0.351. The number of aromatic amines is 1. The number of H-pyrrole nitrogens is 1. The van der Waals surface area contributed by atoms with E-state index in [1.165, 1.54) is 0 Å². The van der Waals surface area contributed by atoms with Crippen molar-refractivity contribution in [2.45, 2.75) is 18.7 Å². The lowest BCUT2D eigenvalue weighted by Crippen LogP contribution is -2.18. The first-order valence-electron chi connectivity index (χ1n) is 10.8. The van der Waals surface area contributed by atoms with Crippen LogP contribution in [0.15, 0.2) is 39.7 Å². The van der Waals surface area contributed by atoms with Gasteiger partial charge in [-0.1, -0.05) is 0 Å². The van der Waals surface area contributed by atoms with E-state index in [9.17, 15) is 4.79 Å². The van der Waals surface area contributed by atoms with Crippen LogP contribution in [0.2, 0.25) is 0 Å². The average molecular weight is 489 g/mol. The summed E-state index contributed by atoms with van der Waals surface area (Å²) in [5.41, 5.74) is 1.20. The van der Waals surface area contributed by atoms with Crippen molar-refractivity contribution in [3.63, 3.8) is 0 Å². The predicted octanol–water partition coefficient (Wildman–Crippen LogP) is 3.39. The highest BCUT2D eigenvalue weighted by Gasteiger charge is 2.14. The van der Waals surface area contributed by atoms with Crippen molar-refractivity contribution in [2.75, 3.05) is 53.0 Å². The van der Waals surface area contributed by atoms with Crippen molar-refractivity contribution in [2.24, 2.45) is 0 Å². The summed E-state index contributed by atoms with van der Waals surface area (Å²) in [6, 6.07) is 7.69. The van der Waals surface area contributed by atoms with E-state index in [0.29, 0.717) is 41.7 Å². The van der Waals surface area contributed by atoms with E-state index < -0.39 is 0 Å². The third kappa shape index (κ3) is 6.94. The molecule has 0 aliphatic rings. The van der Waals surface area contributed by atoms with Gasteiger partial charge in [-0.15, -0.1) is 0 Å². The fourth-order valence-corrected chi connectivity index (χ4v) is 4.15. The molecule has 0 saturated carbocycles. The van der Waals surface area contributed by atoms with E-state index >= 15 is 0 Å². The van der Waals surface area contributed by atoms with Gasteiger partial charge in [0, 0.05) is 30.5 Å². The largest absolute Gasteiger partial charge is 0.493 e. The van der Waals surface area contributed by atoms with Gasteiger partial charge in [0.05, 0.1) is 33.6 Å². The number of anilines is 1. The van der Waals surface area contributed by atoms with E-state index in [2.05, 4.69) is 20.2 Å². The number of ether oxygens (including phenoxy) is 3. The van der Waals surface area contributed by atoms with Gasteiger partial charge >= 0.3 is 0 Å². The summed E-state index contributed by atoms with van der Waals surface area (Å²) in [6.45, 7) is 1.46. The van der Waals surface area contributed by atoms with Gasteiger partial charge in [-0.25, -0.2) is 4.98 Å². The van der Waals surface area contributed by atoms with Crippen molar-refractivity contribution in [1.29, 1.82) is 0 Å². The van der Waals surface area contributed by atoms with Gasteiger partial charge in [0.1, 0.15) is 11.5 Å². The summed E-state index contributed by atoms with van der Waals surface area (Å²) in [7, 11) is 8.70. The smallest absolute Gasteiger partial charge is 0.255 e. The highest BCUT2D eigenvalue weighted by Crippen LogP contribution is 2.38. The second-order valence-electron chi connectivity index (χ2n) is 7.88. The number of benzene rings is 1. The molecule has 3 aromatic rings. The number of hydrogen-bond donors (Lipinski definition) is 2. The average Bonchev–Trinajstić information content (AvgIpc) is 3.26. The van der Waals surface area contributed by atoms with Crippen molar-refractivity contribution in [3.8, 4) is 17.2 Å².